The highest BCUT2D eigenvalue weighted by molar-refractivity contribution is 5.76. The Bertz CT molecular complexity index is 959. The number of hydrogen-bond acceptors (Lipinski definition) is 5. The van der Waals surface area contributed by atoms with Crippen LogP contribution in [0.3, 0.4) is 0 Å². The number of ether oxygens (including phenoxy) is 1. The second-order valence-corrected chi connectivity index (χ2v) is 21.4. The van der Waals surface area contributed by atoms with Crippen molar-refractivity contribution < 1.29 is 24.5 Å². The van der Waals surface area contributed by atoms with Crippen LogP contribution in [0.5, 0.6) is 0 Å². The first-order valence-corrected chi connectivity index (χ1v) is 30.8. The van der Waals surface area contributed by atoms with Gasteiger partial charge in [0.25, 0.3) is 0 Å². The molecule has 1 amide bonds. The highest BCUT2D eigenvalue weighted by Gasteiger charge is 2.20. The van der Waals surface area contributed by atoms with Crippen LogP contribution in [0.4, 0.5) is 0 Å². The molecule has 0 aromatic rings. The van der Waals surface area contributed by atoms with Crippen LogP contribution in [-0.4, -0.2) is 47.4 Å². The molecule has 0 radical (unpaired) electrons. The monoisotopic (exact) mass is 948 g/mol. The van der Waals surface area contributed by atoms with E-state index in [1.165, 1.54) is 283 Å². The number of aliphatic hydroxyl groups is 2. The predicted octanol–water partition coefficient (Wildman–Crippen LogP) is 19.1. The molecule has 0 saturated heterocycles. The summed E-state index contributed by atoms with van der Waals surface area (Å²) < 4.78 is 5.49. The van der Waals surface area contributed by atoms with E-state index in [0.717, 1.165) is 38.5 Å². The predicted molar refractivity (Wildman–Crippen MR) is 292 cm³/mol. The van der Waals surface area contributed by atoms with E-state index in [1.54, 1.807) is 0 Å². The van der Waals surface area contributed by atoms with Gasteiger partial charge in [-0.2, -0.15) is 0 Å². The third-order valence-corrected chi connectivity index (χ3v) is 14.7. The van der Waals surface area contributed by atoms with Crippen molar-refractivity contribution in [1.29, 1.82) is 0 Å². The van der Waals surface area contributed by atoms with Crippen molar-refractivity contribution in [1.82, 2.24) is 5.32 Å². The summed E-state index contributed by atoms with van der Waals surface area (Å²) in [6.45, 7) is 4.97. The number of esters is 1. The number of unbranched alkanes of at least 4 members (excludes halogenated alkanes) is 47. The van der Waals surface area contributed by atoms with Crippen molar-refractivity contribution in [3.63, 3.8) is 0 Å². The van der Waals surface area contributed by atoms with Crippen LogP contribution in [-0.2, 0) is 14.3 Å². The second-order valence-electron chi connectivity index (χ2n) is 21.4. The van der Waals surface area contributed by atoms with Gasteiger partial charge in [0.15, 0.2) is 0 Å². The Hall–Kier alpha value is -1.14. The molecule has 2 atom stereocenters. The van der Waals surface area contributed by atoms with Gasteiger partial charge in [-0.25, -0.2) is 0 Å². The Kier molecular flexibility index (Phi) is 56.5. The number of hydrogen-bond donors (Lipinski definition) is 3. The molecule has 0 rings (SSSR count). The molecule has 6 heteroatoms. The van der Waals surface area contributed by atoms with Crippen LogP contribution in [0.2, 0.25) is 0 Å². The molecule has 0 aromatic carbocycles. The number of aliphatic hydroxyl groups excluding tert-OH is 2. The fraction of sp³-hybridized carbons (Fsp3) is 0.967. The van der Waals surface area contributed by atoms with Crippen LogP contribution in [0.1, 0.15) is 354 Å². The first-order valence-electron chi connectivity index (χ1n) is 30.8. The Morgan fingerprint density at radius 2 is 0.612 bits per heavy atom. The summed E-state index contributed by atoms with van der Waals surface area (Å²) in [7, 11) is 0. The minimum Gasteiger partial charge on any atom is -0.466 e. The first kappa shape index (κ1) is 65.9. The fourth-order valence-electron chi connectivity index (χ4n) is 9.94. The molecule has 0 heterocycles. The molecule has 0 aromatic heterocycles. The van der Waals surface area contributed by atoms with Gasteiger partial charge in [-0.05, 0) is 25.7 Å². The van der Waals surface area contributed by atoms with Gasteiger partial charge in [-0.3, -0.25) is 9.59 Å². The molecular formula is C61H121NO5. The summed E-state index contributed by atoms with van der Waals surface area (Å²) in [4.78, 5) is 24.5. The van der Waals surface area contributed by atoms with E-state index in [-0.39, 0.29) is 18.5 Å². The van der Waals surface area contributed by atoms with Crippen molar-refractivity contribution in [3.8, 4) is 0 Å². The van der Waals surface area contributed by atoms with Gasteiger partial charge in [0.1, 0.15) is 0 Å². The molecule has 0 aliphatic rings. The van der Waals surface area contributed by atoms with E-state index < -0.39 is 12.1 Å². The van der Waals surface area contributed by atoms with Gasteiger partial charge >= 0.3 is 5.97 Å². The first-order chi connectivity index (χ1) is 33.0. The highest BCUT2D eigenvalue weighted by Crippen LogP contribution is 2.18. The maximum absolute atomic E-state index is 12.4. The van der Waals surface area contributed by atoms with E-state index in [2.05, 4.69) is 19.2 Å². The lowest BCUT2D eigenvalue weighted by Crippen LogP contribution is -2.45. The number of nitrogens with one attached hydrogen (secondary N) is 1. The van der Waals surface area contributed by atoms with Crippen LogP contribution >= 0.6 is 0 Å². The molecule has 67 heavy (non-hydrogen) atoms. The number of rotatable bonds is 58. The summed E-state index contributed by atoms with van der Waals surface area (Å²) in [5.41, 5.74) is 0. The topological polar surface area (TPSA) is 95.9 Å². The Balaban J connectivity index is 3.31. The quantitative estimate of drug-likeness (QED) is 0.0417. The van der Waals surface area contributed by atoms with Crippen molar-refractivity contribution in [2.24, 2.45) is 0 Å². The summed E-state index contributed by atoms with van der Waals surface area (Å²) in [5, 5.41) is 23.2. The zero-order chi connectivity index (χ0) is 48.6. The van der Waals surface area contributed by atoms with Crippen molar-refractivity contribution in [2.75, 3.05) is 13.2 Å². The molecule has 400 valence electrons. The van der Waals surface area contributed by atoms with Gasteiger partial charge in [-0.1, -0.05) is 316 Å². The van der Waals surface area contributed by atoms with Gasteiger partial charge < -0.3 is 20.3 Å². The zero-order valence-corrected chi connectivity index (χ0v) is 45.7. The van der Waals surface area contributed by atoms with Crippen molar-refractivity contribution >= 4 is 11.9 Å². The third-order valence-electron chi connectivity index (χ3n) is 14.7. The van der Waals surface area contributed by atoms with Crippen molar-refractivity contribution in [2.45, 2.75) is 366 Å². The summed E-state index contributed by atoms with van der Waals surface area (Å²) in [5.74, 6) is -0.0129. The number of carbonyl (C=O) groups is 2. The second kappa shape index (κ2) is 57.4. The van der Waals surface area contributed by atoms with Crippen molar-refractivity contribution in [3.05, 3.63) is 0 Å². The minimum atomic E-state index is -0.660. The van der Waals surface area contributed by atoms with E-state index in [4.69, 9.17) is 4.74 Å². The summed E-state index contributed by atoms with van der Waals surface area (Å²) >= 11 is 0. The fourth-order valence-corrected chi connectivity index (χ4v) is 9.94. The molecule has 0 saturated carbocycles. The van der Waals surface area contributed by atoms with Gasteiger partial charge in [0.2, 0.25) is 5.91 Å². The van der Waals surface area contributed by atoms with E-state index >= 15 is 0 Å². The standard InChI is InChI=1S/C61H121NO5/c1-3-5-7-9-11-13-15-16-28-32-35-39-43-47-51-55-61(66)67-56-52-48-44-40-36-33-30-27-25-23-21-19-17-18-20-22-24-26-29-31-34-38-42-46-50-54-60(65)62-58(57-63)59(64)53-49-45-41-37-14-12-10-8-6-4-2/h58-59,63-64H,3-57H2,1-2H3,(H,62,65). The van der Waals surface area contributed by atoms with Gasteiger partial charge in [-0.15, -0.1) is 0 Å². The van der Waals surface area contributed by atoms with Gasteiger partial charge in [0.05, 0.1) is 25.4 Å². The average Bonchev–Trinajstić information content (AvgIpc) is 3.33. The Morgan fingerprint density at radius 1 is 0.358 bits per heavy atom. The molecule has 3 N–H and O–H groups in total. The summed E-state index contributed by atoms with van der Waals surface area (Å²) in [6, 6.07) is -0.537. The minimum absolute atomic E-state index is 0.0200. The maximum atomic E-state index is 12.4. The molecule has 0 bridgehead atoms. The Morgan fingerprint density at radius 3 is 0.910 bits per heavy atom. The lowest BCUT2D eigenvalue weighted by molar-refractivity contribution is -0.143. The van der Waals surface area contributed by atoms with Crippen LogP contribution in [0, 0.1) is 0 Å². The van der Waals surface area contributed by atoms with Crippen LogP contribution < -0.4 is 5.32 Å². The maximum Gasteiger partial charge on any atom is 0.305 e. The molecule has 0 spiro atoms. The molecule has 2 unspecified atom stereocenters. The molecule has 0 aliphatic carbocycles. The van der Waals surface area contributed by atoms with Crippen LogP contribution in [0.15, 0.2) is 0 Å². The molecule has 6 nitrogen and oxygen atoms in total. The normalized spacial score (nSPS) is 12.5. The Labute approximate surface area is 419 Å². The lowest BCUT2D eigenvalue weighted by atomic mass is 10.0. The number of carbonyl (C=O) groups excluding carboxylic acids is 2. The molecular weight excluding hydrogens is 827 g/mol. The van der Waals surface area contributed by atoms with E-state index in [0.29, 0.717) is 25.9 Å². The SMILES string of the molecule is CCCCCCCCCCCCCCCCCC(=O)OCCCCCCCCCCCCCCCCCCCCCCCCCCCC(=O)NC(CO)C(O)CCCCCCCCCCCC. The zero-order valence-electron chi connectivity index (χ0n) is 45.7. The lowest BCUT2D eigenvalue weighted by Gasteiger charge is -2.22. The average molecular weight is 949 g/mol. The summed E-state index contributed by atoms with van der Waals surface area (Å²) in [6.07, 6.45) is 66.9. The smallest absolute Gasteiger partial charge is 0.305 e. The number of amides is 1. The van der Waals surface area contributed by atoms with Gasteiger partial charge in [0, 0.05) is 12.8 Å². The van der Waals surface area contributed by atoms with E-state index in [9.17, 15) is 19.8 Å². The largest absolute Gasteiger partial charge is 0.466 e. The van der Waals surface area contributed by atoms with Crippen LogP contribution in [0.25, 0.3) is 0 Å². The highest BCUT2D eigenvalue weighted by atomic mass is 16.5. The van der Waals surface area contributed by atoms with E-state index in [1.807, 2.05) is 0 Å². The molecule has 0 aliphatic heterocycles. The third kappa shape index (κ3) is 54.0. The molecule has 0 fully saturated rings.